The van der Waals surface area contributed by atoms with E-state index in [-0.39, 0.29) is 12.5 Å². The number of hydrogen-bond acceptors (Lipinski definition) is 8. The third-order valence-corrected chi connectivity index (χ3v) is 6.49. The second-order valence-corrected chi connectivity index (χ2v) is 9.06. The maximum atomic E-state index is 12.7. The van der Waals surface area contributed by atoms with Crippen LogP contribution in [-0.4, -0.2) is 40.8 Å². The highest BCUT2D eigenvalue weighted by Crippen LogP contribution is 2.32. The molecule has 0 fully saturated rings. The number of para-hydroxylation sites is 1. The van der Waals surface area contributed by atoms with Gasteiger partial charge in [-0.05, 0) is 38.5 Å². The Morgan fingerprint density at radius 3 is 2.81 bits per heavy atom. The van der Waals surface area contributed by atoms with E-state index >= 15 is 0 Å². The van der Waals surface area contributed by atoms with Crippen LogP contribution in [0, 0.1) is 13.8 Å². The molecule has 31 heavy (non-hydrogen) atoms. The predicted octanol–water partition coefficient (Wildman–Crippen LogP) is 4.78. The zero-order chi connectivity index (χ0) is 22.5. The molecule has 9 heteroatoms. The molecule has 1 N–H and O–H groups in total. The van der Waals surface area contributed by atoms with Crippen LogP contribution in [0.1, 0.15) is 27.9 Å². The summed E-state index contributed by atoms with van der Waals surface area (Å²) in [6.45, 7) is 9.13. The number of thioether (sulfide) groups is 1. The number of nitrogens with one attached hydrogen (secondary N) is 1. The normalized spacial score (nSPS) is 11.7. The maximum Gasteiger partial charge on any atom is 0.350 e. The number of amides is 1. The number of methoxy groups -OCH3 is 1. The average Bonchev–Trinajstić information content (AvgIpc) is 3.11. The molecule has 2 heterocycles. The highest BCUT2D eigenvalue weighted by atomic mass is 32.2. The third-order valence-electron chi connectivity index (χ3n) is 4.42. The minimum absolute atomic E-state index is 0.120. The zero-order valence-electron chi connectivity index (χ0n) is 17.7. The quantitative estimate of drug-likeness (QED) is 0.296. The average molecular weight is 458 g/mol. The Morgan fingerprint density at radius 1 is 1.32 bits per heavy atom. The number of thiazole rings is 1. The van der Waals surface area contributed by atoms with E-state index in [1.807, 2.05) is 31.2 Å². The van der Waals surface area contributed by atoms with Gasteiger partial charge in [0.25, 0.3) is 0 Å². The fourth-order valence-electron chi connectivity index (χ4n) is 2.87. The van der Waals surface area contributed by atoms with Crippen LogP contribution >= 0.6 is 23.1 Å². The van der Waals surface area contributed by atoms with Gasteiger partial charge in [-0.1, -0.05) is 47.9 Å². The Kier molecular flexibility index (Phi) is 7.29. The van der Waals surface area contributed by atoms with Crippen molar-refractivity contribution in [1.82, 2.24) is 9.97 Å². The number of pyridine rings is 1. The standard InChI is InChI=1S/C22H23N3O4S2/c1-6-10-29-21(27)19-13(3)23-22(31-19)25-20(26)14(4)30-17-11-12(2)15-8-7-9-16(28-5)18(15)24-17/h6-9,11,14H,1,10H2,2-5H3,(H,23,25,26). The molecule has 1 aromatic carbocycles. The van der Waals surface area contributed by atoms with Gasteiger partial charge in [0.15, 0.2) is 5.13 Å². The molecule has 2 aromatic heterocycles. The molecule has 0 saturated heterocycles. The zero-order valence-corrected chi connectivity index (χ0v) is 19.4. The molecule has 1 unspecified atom stereocenters. The number of carbonyl (C=O) groups excluding carboxylic acids is 2. The van der Waals surface area contributed by atoms with Crippen molar-refractivity contribution in [3.63, 3.8) is 0 Å². The molecule has 1 atom stereocenters. The van der Waals surface area contributed by atoms with Crippen molar-refractivity contribution < 1.29 is 19.1 Å². The molecular weight excluding hydrogens is 434 g/mol. The minimum atomic E-state index is -0.484. The summed E-state index contributed by atoms with van der Waals surface area (Å²) in [5, 5.41) is 4.43. The van der Waals surface area contributed by atoms with Crippen molar-refractivity contribution in [3.05, 3.63) is 53.1 Å². The Bertz CT molecular complexity index is 1140. The summed E-state index contributed by atoms with van der Waals surface area (Å²) < 4.78 is 10.5. The molecular formula is C22H23N3O4S2. The van der Waals surface area contributed by atoms with Crippen LogP contribution in [0.2, 0.25) is 0 Å². The molecule has 0 aliphatic rings. The van der Waals surface area contributed by atoms with Gasteiger partial charge in [0.1, 0.15) is 22.8 Å². The molecule has 3 aromatic rings. The second-order valence-electron chi connectivity index (χ2n) is 6.70. The number of benzene rings is 1. The molecule has 0 radical (unpaired) electrons. The lowest BCUT2D eigenvalue weighted by Crippen LogP contribution is -2.22. The van der Waals surface area contributed by atoms with Crippen LogP contribution < -0.4 is 10.1 Å². The molecule has 0 spiro atoms. The molecule has 7 nitrogen and oxygen atoms in total. The van der Waals surface area contributed by atoms with E-state index in [0.717, 1.165) is 32.8 Å². The third kappa shape index (κ3) is 5.23. The van der Waals surface area contributed by atoms with Crippen LogP contribution in [-0.2, 0) is 9.53 Å². The smallest absolute Gasteiger partial charge is 0.350 e. The number of anilines is 1. The van der Waals surface area contributed by atoms with Gasteiger partial charge in [-0.3, -0.25) is 4.79 Å². The summed E-state index contributed by atoms with van der Waals surface area (Å²) in [4.78, 5) is 34.1. The largest absolute Gasteiger partial charge is 0.494 e. The predicted molar refractivity (Wildman–Crippen MR) is 124 cm³/mol. The van der Waals surface area contributed by atoms with Gasteiger partial charge in [-0.15, -0.1) is 0 Å². The van der Waals surface area contributed by atoms with Gasteiger partial charge in [0, 0.05) is 5.39 Å². The summed E-state index contributed by atoms with van der Waals surface area (Å²) in [7, 11) is 1.61. The maximum absolute atomic E-state index is 12.7. The van der Waals surface area contributed by atoms with Crippen molar-refractivity contribution in [2.75, 3.05) is 19.0 Å². The summed E-state index contributed by atoms with van der Waals surface area (Å²) in [6, 6.07) is 7.74. The first-order chi connectivity index (χ1) is 14.8. The van der Waals surface area contributed by atoms with Crippen LogP contribution in [0.4, 0.5) is 5.13 Å². The van der Waals surface area contributed by atoms with E-state index in [4.69, 9.17) is 9.47 Å². The van der Waals surface area contributed by atoms with Gasteiger partial charge in [0.2, 0.25) is 5.91 Å². The number of aryl methyl sites for hydroxylation is 2. The SMILES string of the molecule is C=CCOC(=O)c1sc(NC(=O)C(C)Sc2cc(C)c3cccc(OC)c3n2)nc1C. The molecule has 162 valence electrons. The number of nitrogens with zero attached hydrogens (tertiary/aromatic N) is 2. The highest BCUT2D eigenvalue weighted by Gasteiger charge is 2.21. The second kappa shape index (κ2) is 9.93. The Balaban J connectivity index is 1.73. The lowest BCUT2D eigenvalue weighted by Gasteiger charge is -2.13. The molecule has 0 aliphatic heterocycles. The number of hydrogen-bond donors (Lipinski definition) is 1. The first-order valence-electron chi connectivity index (χ1n) is 9.51. The van der Waals surface area contributed by atoms with E-state index in [1.54, 1.807) is 21.0 Å². The van der Waals surface area contributed by atoms with Crippen molar-refractivity contribution in [2.24, 2.45) is 0 Å². The summed E-state index contributed by atoms with van der Waals surface area (Å²) in [5.74, 6) is -0.0266. The van der Waals surface area contributed by atoms with Crippen LogP contribution in [0.15, 0.2) is 41.9 Å². The van der Waals surface area contributed by atoms with E-state index < -0.39 is 11.2 Å². The van der Waals surface area contributed by atoms with E-state index in [0.29, 0.717) is 21.5 Å². The molecule has 1 amide bonds. The Morgan fingerprint density at radius 2 is 2.10 bits per heavy atom. The summed E-state index contributed by atoms with van der Waals surface area (Å²) in [5.41, 5.74) is 2.32. The fraction of sp³-hybridized carbons (Fsp3) is 0.273. The van der Waals surface area contributed by atoms with Crippen LogP contribution in [0.3, 0.4) is 0 Å². The Labute approximate surface area is 188 Å². The van der Waals surface area contributed by atoms with Crippen LogP contribution in [0.5, 0.6) is 5.75 Å². The summed E-state index contributed by atoms with van der Waals surface area (Å²) in [6.07, 6.45) is 1.49. The van der Waals surface area contributed by atoms with E-state index in [2.05, 4.69) is 21.9 Å². The number of aromatic nitrogens is 2. The van der Waals surface area contributed by atoms with Crippen molar-refractivity contribution >= 4 is 51.0 Å². The number of rotatable bonds is 8. The van der Waals surface area contributed by atoms with Gasteiger partial charge in [-0.2, -0.15) is 0 Å². The van der Waals surface area contributed by atoms with Crippen LogP contribution in [0.25, 0.3) is 10.9 Å². The minimum Gasteiger partial charge on any atom is -0.494 e. The van der Waals surface area contributed by atoms with E-state index in [9.17, 15) is 9.59 Å². The molecule has 0 bridgehead atoms. The monoisotopic (exact) mass is 457 g/mol. The number of carbonyl (C=O) groups is 2. The topological polar surface area (TPSA) is 90.4 Å². The number of fused-ring (bicyclic) bond motifs is 1. The van der Waals surface area contributed by atoms with Crippen molar-refractivity contribution in [1.29, 1.82) is 0 Å². The lowest BCUT2D eigenvalue weighted by molar-refractivity contribution is -0.115. The van der Waals surface area contributed by atoms with Gasteiger partial charge in [-0.25, -0.2) is 14.8 Å². The number of esters is 1. The Hall–Kier alpha value is -2.91. The highest BCUT2D eigenvalue weighted by molar-refractivity contribution is 8.00. The van der Waals surface area contributed by atoms with Gasteiger partial charge < -0.3 is 14.8 Å². The summed E-state index contributed by atoms with van der Waals surface area (Å²) >= 11 is 2.43. The molecule has 3 rings (SSSR count). The van der Waals surface area contributed by atoms with Crippen molar-refractivity contribution in [3.8, 4) is 5.75 Å². The number of ether oxygens (including phenoxy) is 2. The fourth-order valence-corrected chi connectivity index (χ4v) is 4.65. The van der Waals surface area contributed by atoms with Crippen molar-refractivity contribution in [2.45, 2.75) is 31.0 Å². The molecule has 0 saturated carbocycles. The van der Waals surface area contributed by atoms with E-state index in [1.165, 1.54) is 17.8 Å². The van der Waals surface area contributed by atoms with Gasteiger partial charge >= 0.3 is 5.97 Å². The first-order valence-corrected chi connectivity index (χ1v) is 11.2. The lowest BCUT2D eigenvalue weighted by atomic mass is 10.1. The first kappa shape index (κ1) is 22.8. The molecule has 0 aliphatic carbocycles. The van der Waals surface area contributed by atoms with Gasteiger partial charge in [0.05, 0.1) is 23.1 Å².